The zero-order chi connectivity index (χ0) is 23.5. The number of aromatic nitrogens is 4. The molecule has 1 saturated heterocycles. The van der Waals surface area contributed by atoms with Gasteiger partial charge >= 0.3 is 0 Å². The Morgan fingerprint density at radius 3 is 2.41 bits per heavy atom. The van der Waals surface area contributed by atoms with E-state index in [2.05, 4.69) is 25.3 Å². The van der Waals surface area contributed by atoms with Crippen molar-refractivity contribution in [3.05, 3.63) is 12.1 Å². The Bertz CT molecular complexity index is 1130. The fourth-order valence-electron chi connectivity index (χ4n) is 3.65. The standard InChI is InChI=1S/C16H27N9O5S2/c17-7-10-3-5-25(6-4-10)12-1-2-13(32(29,30)22-11(8-18)9-26)15(31(19,27)28)14(12)16-20-23-24-21-16/h1-2,10-11,22,26H,3-9,17-18H2,(H2,19,27,28)(H,20,21,23,24)/t11-/m1/s1. The van der Waals surface area contributed by atoms with Gasteiger partial charge in [0, 0.05) is 25.3 Å². The quantitative estimate of drug-likeness (QED) is 0.212. The number of nitrogens with zero attached hydrogens (tertiary/aromatic N) is 4. The third-order valence-corrected chi connectivity index (χ3v) is 8.04. The minimum absolute atomic E-state index is 0.0800. The smallest absolute Gasteiger partial charge is 0.242 e. The first-order valence-electron chi connectivity index (χ1n) is 9.84. The largest absolute Gasteiger partial charge is 0.395 e. The number of hydrogen-bond acceptors (Lipinski definition) is 11. The Balaban J connectivity index is 2.23. The van der Waals surface area contributed by atoms with Gasteiger partial charge in [0.15, 0.2) is 0 Å². The molecule has 178 valence electrons. The van der Waals surface area contributed by atoms with Gasteiger partial charge in [0.2, 0.25) is 25.9 Å². The number of sulfonamides is 2. The maximum absolute atomic E-state index is 13.0. The number of primary sulfonamides is 1. The van der Waals surface area contributed by atoms with Crippen LogP contribution in [0.5, 0.6) is 0 Å². The normalized spacial score (nSPS) is 16.9. The molecule has 0 unspecified atom stereocenters. The average molecular weight is 490 g/mol. The summed E-state index contributed by atoms with van der Waals surface area (Å²) < 4.78 is 53.6. The van der Waals surface area contributed by atoms with E-state index in [1.807, 2.05) is 4.90 Å². The fourth-order valence-corrected chi connectivity index (χ4v) is 6.48. The molecule has 1 aromatic heterocycles. The van der Waals surface area contributed by atoms with Gasteiger partial charge in [-0.2, -0.15) is 5.21 Å². The zero-order valence-electron chi connectivity index (χ0n) is 17.2. The molecule has 14 nitrogen and oxygen atoms in total. The highest BCUT2D eigenvalue weighted by Gasteiger charge is 2.34. The van der Waals surface area contributed by atoms with Crippen molar-refractivity contribution in [1.82, 2.24) is 25.3 Å². The molecule has 1 fully saturated rings. The zero-order valence-corrected chi connectivity index (χ0v) is 18.8. The highest BCUT2D eigenvalue weighted by molar-refractivity contribution is 7.92. The van der Waals surface area contributed by atoms with Crippen molar-refractivity contribution in [2.24, 2.45) is 22.5 Å². The van der Waals surface area contributed by atoms with E-state index in [4.69, 9.17) is 16.6 Å². The lowest BCUT2D eigenvalue weighted by molar-refractivity contribution is 0.259. The summed E-state index contributed by atoms with van der Waals surface area (Å²) in [6.45, 7) is 0.907. The summed E-state index contributed by atoms with van der Waals surface area (Å²) in [7, 11) is -9.02. The number of H-pyrrole nitrogens is 1. The van der Waals surface area contributed by atoms with E-state index >= 15 is 0 Å². The number of aromatic amines is 1. The van der Waals surface area contributed by atoms with Gasteiger partial charge < -0.3 is 21.5 Å². The summed E-state index contributed by atoms with van der Waals surface area (Å²) >= 11 is 0. The average Bonchev–Trinajstić information content (AvgIpc) is 3.30. The van der Waals surface area contributed by atoms with E-state index in [0.717, 1.165) is 18.9 Å². The van der Waals surface area contributed by atoms with E-state index in [1.165, 1.54) is 6.07 Å². The molecule has 32 heavy (non-hydrogen) atoms. The van der Waals surface area contributed by atoms with Gasteiger partial charge in [0.05, 0.1) is 18.2 Å². The van der Waals surface area contributed by atoms with Crippen LogP contribution in [0.3, 0.4) is 0 Å². The molecule has 1 aliphatic rings. The molecule has 3 rings (SSSR count). The van der Waals surface area contributed by atoms with Crippen LogP contribution >= 0.6 is 0 Å². The van der Waals surface area contributed by atoms with Crippen molar-refractivity contribution in [3.8, 4) is 11.4 Å². The maximum Gasteiger partial charge on any atom is 0.242 e. The van der Waals surface area contributed by atoms with Crippen LogP contribution in [0, 0.1) is 5.92 Å². The second-order valence-corrected chi connectivity index (χ2v) is 10.7. The summed E-state index contributed by atoms with van der Waals surface area (Å²) in [6.07, 6.45) is 1.56. The summed E-state index contributed by atoms with van der Waals surface area (Å²) in [5, 5.41) is 28.3. The number of aliphatic hydroxyl groups excluding tert-OH is 1. The fraction of sp³-hybridized carbons (Fsp3) is 0.562. The molecule has 0 spiro atoms. The van der Waals surface area contributed by atoms with Crippen LogP contribution in [0.15, 0.2) is 21.9 Å². The molecule has 0 amide bonds. The lowest BCUT2D eigenvalue weighted by Gasteiger charge is -2.34. The minimum atomic E-state index is -4.58. The lowest BCUT2D eigenvalue weighted by atomic mass is 9.96. The Morgan fingerprint density at radius 1 is 1.22 bits per heavy atom. The molecule has 2 aromatic rings. The molecular formula is C16H27N9O5S2. The number of aliphatic hydroxyl groups is 1. The third-order valence-electron chi connectivity index (χ3n) is 5.36. The van der Waals surface area contributed by atoms with Gasteiger partial charge in [0.25, 0.3) is 0 Å². The van der Waals surface area contributed by atoms with Crippen molar-refractivity contribution in [2.75, 3.05) is 37.7 Å². The summed E-state index contributed by atoms with van der Waals surface area (Å²) in [6, 6.07) is 1.62. The van der Waals surface area contributed by atoms with Crippen LogP contribution in [-0.4, -0.2) is 81.4 Å². The molecule has 0 radical (unpaired) electrons. The molecule has 1 aromatic carbocycles. The minimum Gasteiger partial charge on any atom is -0.395 e. The van der Waals surface area contributed by atoms with Gasteiger partial charge in [-0.3, -0.25) is 0 Å². The SMILES string of the molecule is NCC1CCN(c2ccc(S(=O)(=O)N[C@H](CN)CO)c(S(N)(=O)=O)c2-c2nn[nH]n2)CC1. The molecule has 1 aliphatic heterocycles. The van der Waals surface area contributed by atoms with Crippen molar-refractivity contribution in [3.63, 3.8) is 0 Å². The predicted molar refractivity (Wildman–Crippen MR) is 115 cm³/mol. The third kappa shape index (κ3) is 5.06. The molecule has 0 saturated carbocycles. The summed E-state index contributed by atoms with van der Waals surface area (Å²) in [5.41, 5.74) is 11.5. The molecule has 9 N–H and O–H groups in total. The number of nitrogens with two attached hydrogens (primary N) is 3. The number of benzene rings is 1. The number of tetrazole rings is 1. The second kappa shape index (κ2) is 9.74. The van der Waals surface area contributed by atoms with Crippen molar-refractivity contribution >= 4 is 25.7 Å². The lowest BCUT2D eigenvalue weighted by Crippen LogP contribution is -2.43. The van der Waals surface area contributed by atoms with Crippen molar-refractivity contribution in [2.45, 2.75) is 28.7 Å². The summed E-state index contributed by atoms with van der Waals surface area (Å²) in [5.74, 6) is 0.215. The molecule has 0 aliphatic carbocycles. The van der Waals surface area contributed by atoms with Crippen LogP contribution in [0.2, 0.25) is 0 Å². The van der Waals surface area contributed by atoms with Crippen molar-refractivity contribution in [1.29, 1.82) is 0 Å². The Hall–Kier alpha value is -2.21. The summed E-state index contributed by atoms with van der Waals surface area (Å²) in [4.78, 5) is 0.637. The molecule has 2 heterocycles. The first kappa shape index (κ1) is 24.4. The van der Waals surface area contributed by atoms with E-state index in [1.54, 1.807) is 0 Å². The van der Waals surface area contributed by atoms with Crippen LogP contribution in [0.25, 0.3) is 11.4 Å². The Morgan fingerprint density at radius 2 is 1.91 bits per heavy atom. The Kier molecular flexibility index (Phi) is 7.43. The number of anilines is 1. The van der Waals surface area contributed by atoms with E-state index in [-0.39, 0.29) is 17.9 Å². The monoisotopic (exact) mass is 489 g/mol. The molecule has 16 heteroatoms. The highest BCUT2D eigenvalue weighted by atomic mass is 32.2. The van der Waals surface area contributed by atoms with Crippen LogP contribution < -0.4 is 26.2 Å². The van der Waals surface area contributed by atoms with Gasteiger partial charge in [-0.1, -0.05) is 0 Å². The number of piperidine rings is 1. The van der Waals surface area contributed by atoms with Crippen molar-refractivity contribution < 1.29 is 21.9 Å². The topological polar surface area (TPSA) is 236 Å². The first-order valence-corrected chi connectivity index (χ1v) is 12.9. The number of nitrogens with one attached hydrogen (secondary N) is 2. The molecule has 0 bridgehead atoms. The second-order valence-electron chi connectivity index (χ2n) is 7.47. The van der Waals surface area contributed by atoms with Gasteiger partial charge in [-0.05, 0) is 42.7 Å². The van der Waals surface area contributed by atoms with Gasteiger partial charge in [0.1, 0.15) is 9.79 Å². The Labute approximate surface area is 185 Å². The van der Waals surface area contributed by atoms with Crippen LogP contribution in [0.1, 0.15) is 12.8 Å². The maximum atomic E-state index is 13.0. The van der Waals surface area contributed by atoms with E-state index < -0.39 is 42.5 Å². The molecule has 1 atom stereocenters. The molecular weight excluding hydrogens is 462 g/mol. The number of rotatable bonds is 9. The van der Waals surface area contributed by atoms with Crippen LogP contribution in [0.4, 0.5) is 5.69 Å². The van der Waals surface area contributed by atoms with Crippen LogP contribution in [-0.2, 0) is 20.0 Å². The van der Waals surface area contributed by atoms with E-state index in [0.29, 0.717) is 31.2 Å². The van der Waals surface area contributed by atoms with Gasteiger partial charge in [-0.25, -0.2) is 26.7 Å². The number of hydrogen-bond donors (Lipinski definition) is 6. The highest BCUT2D eigenvalue weighted by Crippen LogP contribution is 2.39. The van der Waals surface area contributed by atoms with Gasteiger partial charge in [-0.15, -0.1) is 10.2 Å². The first-order chi connectivity index (χ1) is 15.1. The van der Waals surface area contributed by atoms with E-state index in [9.17, 15) is 21.9 Å². The predicted octanol–water partition coefficient (Wildman–Crippen LogP) is -2.71.